The second kappa shape index (κ2) is 5.64. The van der Waals surface area contributed by atoms with Gasteiger partial charge >= 0.3 is 0 Å². The monoisotopic (exact) mass is 254 g/mol. The molecule has 0 amide bonds. The normalized spacial score (nSPS) is 38.3. The lowest BCUT2D eigenvalue weighted by Crippen LogP contribution is -2.38. The zero-order valence-electron chi connectivity index (χ0n) is 11.6. The van der Waals surface area contributed by atoms with E-state index in [-0.39, 0.29) is 0 Å². The molecule has 1 aliphatic carbocycles. The quantitative estimate of drug-likeness (QED) is 0.815. The Morgan fingerprint density at radius 3 is 2.59 bits per heavy atom. The predicted molar refractivity (Wildman–Crippen MR) is 77.6 cm³/mol. The van der Waals surface area contributed by atoms with Crippen LogP contribution in [0.2, 0.25) is 0 Å². The van der Waals surface area contributed by atoms with E-state index >= 15 is 0 Å². The number of nitrogens with one attached hydrogen (secondary N) is 1. The smallest absolute Gasteiger partial charge is 0.157 e. The summed E-state index contributed by atoms with van der Waals surface area (Å²) in [6, 6.07) is 0.665. The molecule has 2 aliphatic rings. The Morgan fingerprint density at radius 2 is 2.00 bits per heavy atom. The van der Waals surface area contributed by atoms with Crippen LogP contribution < -0.4 is 5.32 Å². The Morgan fingerprint density at radius 1 is 1.24 bits per heavy atom. The van der Waals surface area contributed by atoms with Gasteiger partial charge in [-0.2, -0.15) is 0 Å². The third-order valence-corrected chi connectivity index (χ3v) is 5.81. The number of hydrogen-bond donors (Lipinski definition) is 1. The largest absolute Gasteiger partial charge is 0.362 e. The minimum atomic E-state index is 0.665. The highest BCUT2D eigenvalue weighted by atomic mass is 32.2. The van der Waals surface area contributed by atoms with E-state index in [0.717, 1.165) is 24.3 Å². The lowest BCUT2D eigenvalue weighted by molar-refractivity contribution is 0.241. The molecule has 0 bridgehead atoms. The Hall–Kier alpha value is -0.180. The average Bonchev–Trinajstić information content (AvgIpc) is 2.72. The molecular weight excluding hydrogens is 228 g/mol. The molecule has 1 N–H and O–H groups in total. The van der Waals surface area contributed by atoms with Crippen molar-refractivity contribution in [1.82, 2.24) is 5.32 Å². The summed E-state index contributed by atoms with van der Waals surface area (Å²) in [7, 11) is 0. The molecule has 2 rings (SSSR count). The predicted octanol–water partition coefficient (Wildman–Crippen LogP) is 3.53. The maximum Gasteiger partial charge on any atom is 0.157 e. The molecule has 2 nitrogen and oxygen atoms in total. The lowest BCUT2D eigenvalue weighted by atomic mass is 9.79. The minimum absolute atomic E-state index is 0.665. The van der Waals surface area contributed by atoms with Gasteiger partial charge in [-0.1, -0.05) is 39.5 Å². The van der Waals surface area contributed by atoms with Crippen molar-refractivity contribution in [3.05, 3.63) is 0 Å². The van der Waals surface area contributed by atoms with Gasteiger partial charge in [0.25, 0.3) is 0 Å². The molecule has 1 fully saturated rings. The Bertz CT molecular complexity index is 288. The van der Waals surface area contributed by atoms with Crippen LogP contribution in [-0.4, -0.2) is 23.0 Å². The SMILES string of the molecule is CC(C)C1CN=C(NC2CCC(C)C(C)C2)S1. The van der Waals surface area contributed by atoms with Gasteiger partial charge in [0.15, 0.2) is 5.17 Å². The highest BCUT2D eigenvalue weighted by Crippen LogP contribution is 2.31. The molecule has 0 aromatic rings. The average molecular weight is 254 g/mol. The van der Waals surface area contributed by atoms with Crippen LogP contribution in [0.25, 0.3) is 0 Å². The first-order valence-electron chi connectivity index (χ1n) is 7.04. The molecule has 17 heavy (non-hydrogen) atoms. The molecule has 0 saturated heterocycles. The number of amidine groups is 1. The highest BCUT2D eigenvalue weighted by molar-refractivity contribution is 8.14. The van der Waals surface area contributed by atoms with Gasteiger partial charge in [0, 0.05) is 11.3 Å². The molecule has 1 heterocycles. The number of thioether (sulfide) groups is 1. The molecule has 4 unspecified atom stereocenters. The van der Waals surface area contributed by atoms with Gasteiger partial charge in [0.2, 0.25) is 0 Å². The molecule has 3 heteroatoms. The van der Waals surface area contributed by atoms with E-state index in [1.807, 2.05) is 11.8 Å². The third kappa shape index (κ3) is 3.40. The van der Waals surface area contributed by atoms with E-state index in [9.17, 15) is 0 Å². The summed E-state index contributed by atoms with van der Waals surface area (Å²) >= 11 is 1.95. The van der Waals surface area contributed by atoms with Gasteiger partial charge in [0.1, 0.15) is 0 Å². The van der Waals surface area contributed by atoms with Crippen molar-refractivity contribution in [2.24, 2.45) is 22.7 Å². The van der Waals surface area contributed by atoms with Crippen LogP contribution in [0.15, 0.2) is 4.99 Å². The van der Waals surface area contributed by atoms with Crippen LogP contribution in [-0.2, 0) is 0 Å². The van der Waals surface area contributed by atoms with Gasteiger partial charge in [-0.3, -0.25) is 4.99 Å². The molecule has 4 atom stereocenters. The van der Waals surface area contributed by atoms with Crippen LogP contribution in [0.1, 0.15) is 47.0 Å². The summed E-state index contributed by atoms with van der Waals surface area (Å²) in [6.45, 7) is 10.4. The summed E-state index contributed by atoms with van der Waals surface area (Å²) in [5.41, 5.74) is 0. The summed E-state index contributed by atoms with van der Waals surface area (Å²) in [4.78, 5) is 4.65. The fraction of sp³-hybridized carbons (Fsp3) is 0.929. The van der Waals surface area contributed by atoms with Gasteiger partial charge in [-0.05, 0) is 37.0 Å². The van der Waals surface area contributed by atoms with Gasteiger partial charge in [-0.15, -0.1) is 0 Å². The summed E-state index contributed by atoms with van der Waals surface area (Å²) < 4.78 is 0. The zero-order chi connectivity index (χ0) is 12.4. The summed E-state index contributed by atoms with van der Waals surface area (Å²) in [5.74, 6) is 2.48. The van der Waals surface area contributed by atoms with Crippen molar-refractivity contribution >= 4 is 16.9 Å². The second-order valence-corrected chi connectivity index (χ2v) is 7.38. The fourth-order valence-corrected chi connectivity index (χ4v) is 3.76. The first kappa shape index (κ1) is 13.3. The number of rotatable bonds is 2. The molecule has 0 spiro atoms. The van der Waals surface area contributed by atoms with Crippen molar-refractivity contribution in [2.75, 3.05) is 6.54 Å². The van der Waals surface area contributed by atoms with Crippen molar-refractivity contribution in [1.29, 1.82) is 0 Å². The van der Waals surface area contributed by atoms with Crippen LogP contribution in [0.5, 0.6) is 0 Å². The van der Waals surface area contributed by atoms with E-state index in [1.165, 1.54) is 24.4 Å². The van der Waals surface area contributed by atoms with E-state index in [2.05, 4.69) is 38.0 Å². The van der Waals surface area contributed by atoms with E-state index < -0.39 is 0 Å². The third-order valence-electron chi connectivity index (χ3n) is 4.35. The molecule has 1 aliphatic heterocycles. The van der Waals surface area contributed by atoms with Crippen molar-refractivity contribution in [3.63, 3.8) is 0 Å². The first-order chi connectivity index (χ1) is 8.06. The number of aliphatic imine (C=N–C) groups is 1. The topological polar surface area (TPSA) is 24.4 Å². The van der Waals surface area contributed by atoms with E-state index in [1.54, 1.807) is 0 Å². The van der Waals surface area contributed by atoms with E-state index in [0.29, 0.717) is 11.3 Å². The fourth-order valence-electron chi connectivity index (χ4n) is 2.67. The summed E-state index contributed by atoms with van der Waals surface area (Å²) in [6.07, 6.45) is 3.99. The van der Waals surface area contributed by atoms with Crippen molar-refractivity contribution in [2.45, 2.75) is 58.2 Å². The lowest BCUT2D eigenvalue weighted by Gasteiger charge is -2.32. The Balaban J connectivity index is 1.79. The molecular formula is C14H26N2S. The Labute approximate surface area is 110 Å². The summed E-state index contributed by atoms with van der Waals surface area (Å²) in [5, 5.41) is 5.56. The van der Waals surface area contributed by atoms with Gasteiger partial charge in [0.05, 0.1) is 6.54 Å². The molecule has 0 radical (unpaired) electrons. The first-order valence-corrected chi connectivity index (χ1v) is 7.92. The van der Waals surface area contributed by atoms with Gasteiger partial charge < -0.3 is 5.32 Å². The molecule has 98 valence electrons. The molecule has 0 aromatic heterocycles. The van der Waals surface area contributed by atoms with Crippen molar-refractivity contribution in [3.8, 4) is 0 Å². The number of nitrogens with zero attached hydrogens (tertiary/aromatic N) is 1. The van der Waals surface area contributed by atoms with Crippen molar-refractivity contribution < 1.29 is 0 Å². The minimum Gasteiger partial charge on any atom is -0.362 e. The Kier molecular flexibility index (Phi) is 4.40. The maximum absolute atomic E-state index is 4.65. The standard InChI is InChI=1S/C14H26N2S/c1-9(2)13-8-15-14(17-13)16-12-6-5-10(3)11(4)7-12/h9-13H,5-8H2,1-4H3,(H,15,16). The second-order valence-electron chi connectivity index (χ2n) is 6.16. The van der Waals surface area contributed by atoms with Crippen LogP contribution >= 0.6 is 11.8 Å². The van der Waals surface area contributed by atoms with Crippen LogP contribution in [0.3, 0.4) is 0 Å². The van der Waals surface area contributed by atoms with E-state index in [4.69, 9.17) is 0 Å². The van der Waals surface area contributed by atoms with Crippen LogP contribution in [0, 0.1) is 17.8 Å². The van der Waals surface area contributed by atoms with Gasteiger partial charge in [-0.25, -0.2) is 0 Å². The maximum atomic E-state index is 4.65. The molecule has 1 saturated carbocycles. The van der Waals surface area contributed by atoms with Crippen LogP contribution in [0.4, 0.5) is 0 Å². The number of hydrogen-bond acceptors (Lipinski definition) is 3. The molecule has 0 aromatic carbocycles. The highest BCUT2D eigenvalue weighted by Gasteiger charge is 2.28. The zero-order valence-corrected chi connectivity index (χ0v) is 12.4.